The van der Waals surface area contributed by atoms with Crippen molar-refractivity contribution in [3.63, 3.8) is 0 Å². The number of nitrogens with one attached hydrogen (secondary N) is 1. The summed E-state index contributed by atoms with van der Waals surface area (Å²) in [4.78, 5) is 0. The van der Waals surface area contributed by atoms with E-state index in [4.69, 9.17) is 0 Å². The average Bonchev–Trinajstić information content (AvgIpc) is 2.24. The van der Waals surface area contributed by atoms with E-state index >= 15 is 0 Å². The molecule has 0 aromatic heterocycles. The standard InChI is InChI=1S/C17H29N/c1-12(18-2)17(4-3-5-17)16-9-13-6-14(10-16)8-15(7-13)11-16/h12-15,18H,3-11H2,1-2H3. The van der Waals surface area contributed by atoms with Crippen LogP contribution in [0.15, 0.2) is 0 Å². The molecule has 0 aromatic rings. The summed E-state index contributed by atoms with van der Waals surface area (Å²) >= 11 is 0. The molecule has 0 amide bonds. The predicted octanol–water partition coefficient (Wildman–Crippen LogP) is 3.98. The van der Waals surface area contributed by atoms with Gasteiger partial charge in [0.2, 0.25) is 0 Å². The highest BCUT2D eigenvalue weighted by molar-refractivity contribution is 5.14. The molecule has 5 aliphatic rings. The van der Waals surface area contributed by atoms with Gasteiger partial charge < -0.3 is 5.32 Å². The Balaban J connectivity index is 1.70. The van der Waals surface area contributed by atoms with Crippen LogP contribution in [0.1, 0.15) is 64.7 Å². The van der Waals surface area contributed by atoms with Crippen LogP contribution in [-0.2, 0) is 0 Å². The zero-order chi connectivity index (χ0) is 12.4. The van der Waals surface area contributed by atoms with Gasteiger partial charge in [0.15, 0.2) is 0 Å². The maximum atomic E-state index is 3.63. The number of hydrogen-bond donors (Lipinski definition) is 1. The summed E-state index contributed by atoms with van der Waals surface area (Å²) in [6.07, 6.45) is 14.0. The lowest BCUT2D eigenvalue weighted by atomic mass is 9.37. The second-order valence-electron chi connectivity index (χ2n) is 8.22. The van der Waals surface area contributed by atoms with Crippen LogP contribution < -0.4 is 5.32 Å². The largest absolute Gasteiger partial charge is 0.317 e. The molecule has 102 valence electrons. The lowest BCUT2D eigenvalue weighted by Gasteiger charge is -2.68. The molecule has 5 saturated carbocycles. The summed E-state index contributed by atoms with van der Waals surface area (Å²) in [5.41, 5.74) is 1.43. The molecule has 1 N–H and O–H groups in total. The van der Waals surface area contributed by atoms with Gasteiger partial charge in [0.25, 0.3) is 0 Å². The van der Waals surface area contributed by atoms with Gasteiger partial charge in [0, 0.05) is 6.04 Å². The van der Waals surface area contributed by atoms with Crippen molar-refractivity contribution in [1.82, 2.24) is 5.32 Å². The maximum Gasteiger partial charge on any atom is 0.00975 e. The molecular weight excluding hydrogens is 218 g/mol. The fraction of sp³-hybridized carbons (Fsp3) is 1.00. The second kappa shape index (κ2) is 3.75. The minimum Gasteiger partial charge on any atom is -0.317 e. The van der Waals surface area contributed by atoms with E-state index in [1.807, 2.05) is 0 Å². The smallest absolute Gasteiger partial charge is 0.00975 e. The van der Waals surface area contributed by atoms with Crippen LogP contribution in [0.2, 0.25) is 0 Å². The van der Waals surface area contributed by atoms with Gasteiger partial charge in [-0.1, -0.05) is 6.42 Å². The Morgan fingerprint density at radius 1 is 0.944 bits per heavy atom. The molecule has 1 heteroatoms. The Hall–Kier alpha value is -0.0400. The Kier molecular flexibility index (Phi) is 2.45. The molecule has 1 nitrogen and oxygen atoms in total. The van der Waals surface area contributed by atoms with Gasteiger partial charge >= 0.3 is 0 Å². The SMILES string of the molecule is CNC(C)C1(C23CC4CC(CC(C4)C2)C3)CCC1. The van der Waals surface area contributed by atoms with E-state index in [9.17, 15) is 0 Å². The molecule has 0 saturated heterocycles. The monoisotopic (exact) mass is 247 g/mol. The summed E-state index contributed by atoms with van der Waals surface area (Å²) in [5.74, 6) is 3.33. The van der Waals surface area contributed by atoms with E-state index in [-0.39, 0.29) is 0 Å². The van der Waals surface area contributed by atoms with Gasteiger partial charge in [-0.15, -0.1) is 0 Å². The highest BCUT2D eigenvalue weighted by Crippen LogP contribution is 2.71. The third-order valence-electron chi connectivity index (χ3n) is 7.60. The van der Waals surface area contributed by atoms with Gasteiger partial charge in [-0.2, -0.15) is 0 Å². The third-order valence-corrected chi connectivity index (χ3v) is 7.60. The first kappa shape index (κ1) is 11.8. The van der Waals surface area contributed by atoms with Gasteiger partial charge in [0.1, 0.15) is 0 Å². The Labute approximate surface area is 112 Å². The molecule has 5 fully saturated rings. The van der Waals surface area contributed by atoms with Crippen molar-refractivity contribution in [2.75, 3.05) is 7.05 Å². The molecule has 18 heavy (non-hydrogen) atoms. The fourth-order valence-corrected chi connectivity index (χ4v) is 6.98. The van der Waals surface area contributed by atoms with Gasteiger partial charge in [-0.3, -0.25) is 0 Å². The number of hydrogen-bond acceptors (Lipinski definition) is 1. The maximum absolute atomic E-state index is 3.63. The molecule has 0 aliphatic heterocycles. The first-order valence-electron chi connectivity index (χ1n) is 8.35. The van der Waals surface area contributed by atoms with Crippen LogP contribution >= 0.6 is 0 Å². The number of rotatable bonds is 3. The summed E-state index contributed by atoms with van der Waals surface area (Å²) in [6.45, 7) is 2.47. The third kappa shape index (κ3) is 1.32. The van der Waals surface area contributed by atoms with E-state index in [2.05, 4.69) is 19.3 Å². The summed E-state index contributed by atoms with van der Waals surface area (Å²) in [7, 11) is 2.19. The van der Waals surface area contributed by atoms with Gasteiger partial charge in [0.05, 0.1) is 0 Å². The minimum absolute atomic E-state index is 0.678. The predicted molar refractivity (Wildman–Crippen MR) is 75.4 cm³/mol. The van der Waals surface area contributed by atoms with Crippen molar-refractivity contribution in [1.29, 1.82) is 0 Å². The van der Waals surface area contributed by atoms with Crippen LogP contribution in [0, 0.1) is 28.6 Å². The summed E-state index contributed by atoms with van der Waals surface area (Å²) < 4.78 is 0. The van der Waals surface area contributed by atoms with Crippen LogP contribution in [0.25, 0.3) is 0 Å². The molecule has 4 bridgehead atoms. The lowest BCUT2D eigenvalue weighted by molar-refractivity contribution is -0.174. The molecule has 0 heterocycles. The highest BCUT2D eigenvalue weighted by atomic mass is 14.9. The van der Waals surface area contributed by atoms with Crippen LogP contribution in [0.5, 0.6) is 0 Å². The minimum atomic E-state index is 0.678. The quantitative estimate of drug-likeness (QED) is 0.795. The van der Waals surface area contributed by atoms with Crippen LogP contribution in [0.4, 0.5) is 0 Å². The first-order chi connectivity index (χ1) is 8.67. The molecule has 5 rings (SSSR count). The van der Waals surface area contributed by atoms with E-state index in [0.717, 1.165) is 29.2 Å². The van der Waals surface area contributed by atoms with Gasteiger partial charge in [-0.05, 0) is 93.9 Å². The molecule has 0 radical (unpaired) electrons. The van der Waals surface area contributed by atoms with E-state index in [1.165, 1.54) is 19.3 Å². The van der Waals surface area contributed by atoms with Crippen molar-refractivity contribution < 1.29 is 0 Å². The Bertz CT molecular complexity index is 306. The van der Waals surface area contributed by atoms with Crippen molar-refractivity contribution in [3.05, 3.63) is 0 Å². The van der Waals surface area contributed by atoms with Crippen LogP contribution in [0.3, 0.4) is 0 Å². The molecule has 1 atom stereocenters. The summed E-state index contributed by atoms with van der Waals surface area (Å²) in [6, 6.07) is 0.738. The van der Waals surface area contributed by atoms with E-state index in [1.54, 1.807) is 38.5 Å². The Morgan fingerprint density at radius 3 is 1.78 bits per heavy atom. The van der Waals surface area contributed by atoms with Crippen molar-refractivity contribution in [2.45, 2.75) is 70.8 Å². The lowest BCUT2D eigenvalue weighted by Crippen LogP contribution is -2.63. The first-order valence-corrected chi connectivity index (χ1v) is 8.35. The second-order valence-corrected chi connectivity index (χ2v) is 8.22. The highest BCUT2D eigenvalue weighted by Gasteiger charge is 2.63. The molecule has 0 aromatic carbocycles. The average molecular weight is 247 g/mol. The van der Waals surface area contributed by atoms with E-state index in [0.29, 0.717) is 5.41 Å². The van der Waals surface area contributed by atoms with Crippen molar-refractivity contribution >= 4 is 0 Å². The topological polar surface area (TPSA) is 12.0 Å². The van der Waals surface area contributed by atoms with Crippen LogP contribution in [-0.4, -0.2) is 13.1 Å². The molecule has 5 aliphatic carbocycles. The van der Waals surface area contributed by atoms with Gasteiger partial charge in [-0.25, -0.2) is 0 Å². The normalized spacial score (nSPS) is 50.0. The molecular formula is C17H29N. The summed E-state index contributed by atoms with van der Waals surface area (Å²) in [5, 5.41) is 3.63. The Morgan fingerprint density at radius 2 is 1.44 bits per heavy atom. The van der Waals surface area contributed by atoms with Crippen molar-refractivity contribution in [3.8, 4) is 0 Å². The molecule has 1 unspecified atom stereocenters. The van der Waals surface area contributed by atoms with Crippen molar-refractivity contribution in [2.24, 2.45) is 28.6 Å². The van der Waals surface area contributed by atoms with E-state index < -0.39 is 0 Å². The zero-order valence-electron chi connectivity index (χ0n) is 12.2. The molecule has 0 spiro atoms. The fourth-order valence-electron chi connectivity index (χ4n) is 6.98. The zero-order valence-corrected chi connectivity index (χ0v) is 12.2.